The van der Waals surface area contributed by atoms with Crippen molar-refractivity contribution in [2.75, 3.05) is 0 Å². The van der Waals surface area contributed by atoms with Gasteiger partial charge in [-0.25, -0.2) is 0 Å². The summed E-state index contributed by atoms with van der Waals surface area (Å²) in [4.78, 5) is 39.0. The Hall–Kier alpha value is -3.17. The molecule has 3 unspecified atom stereocenters. The molecular weight excluding hydrogens is 408 g/mol. The van der Waals surface area contributed by atoms with Gasteiger partial charge in [-0.2, -0.15) is 0 Å². The van der Waals surface area contributed by atoms with E-state index in [1.807, 2.05) is 0 Å². The van der Waals surface area contributed by atoms with E-state index in [4.69, 9.17) is 0 Å². The van der Waals surface area contributed by atoms with E-state index in [1.54, 1.807) is 6.92 Å². The number of phenols is 2. The molecule has 0 bridgehead atoms. The minimum atomic E-state index is -2.53. The highest BCUT2D eigenvalue weighted by atomic mass is 16.4. The van der Waals surface area contributed by atoms with Crippen molar-refractivity contribution in [3.05, 3.63) is 46.2 Å². The van der Waals surface area contributed by atoms with Gasteiger partial charge in [0, 0.05) is 22.6 Å². The van der Waals surface area contributed by atoms with Crippen molar-refractivity contribution >= 4 is 17.5 Å². The predicted octanol–water partition coefficient (Wildman–Crippen LogP) is 1.85. The molecule has 2 aliphatic carbocycles. The number of phenolic OH excluding ortho intramolecular Hbond substituents is 2. The topological polar surface area (TPSA) is 173 Å². The number of benzene rings is 1. The summed E-state index contributed by atoms with van der Waals surface area (Å²) in [6.45, 7) is 4.33. The van der Waals surface area contributed by atoms with Crippen LogP contribution in [0.2, 0.25) is 0 Å². The number of hydrogen-bond donors (Lipinski definition) is 6. The van der Waals surface area contributed by atoms with Gasteiger partial charge >= 0.3 is 5.97 Å². The summed E-state index contributed by atoms with van der Waals surface area (Å²) in [7, 11) is 0. The van der Waals surface area contributed by atoms with Crippen LogP contribution < -0.4 is 0 Å². The van der Waals surface area contributed by atoms with Gasteiger partial charge in [-0.1, -0.05) is 26.8 Å². The molecule has 9 heteroatoms. The number of aliphatic hydroxyl groups is 3. The molecule has 0 aliphatic heterocycles. The number of allylic oxidation sites excluding steroid dienone is 2. The van der Waals surface area contributed by atoms with Crippen LogP contribution >= 0.6 is 0 Å². The maximum atomic E-state index is 13.2. The quantitative estimate of drug-likeness (QED) is 0.406. The van der Waals surface area contributed by atoms with Crippen LogP contribution in [-0.4, -0.2) is 60.4 Å². The molecule has 1 aromatic carbocycles. The maximum Gasteiger partial charge on any atom is 0.321 e. The Labute approximate surface area is 177 Å². The van der Waals surface area contributed by atoms with Gasteiger partial charge in [0.05, 0.1) is 23.3 Å². The number of carboxylic acid groups (broad SMARTS) is 1. The molecule has 0 aromatic heterocycles. The van der Waals surface area contributed by atoms with Crippen molar-refractivity contribution in [2.45, 2.75) is 45.8 Å². The Kier molecular flexibility index (Phi) is 5.24. The van der Waals surface area contributed by atoms with Crippen LogP contribution in [0.3, 0.4) is 0 Å². The van der Waals surface area contributed by atoms with Crippen molar-refractivity contribution in [3.63, 3.8) is 0 Å². The summed E-state index contributed by atoms with van der Waals surface area (Å²) in [5.41, 5.74) is -6.25. The van der Waals surface area contributed by atoms with Gasteiger partial charge in [0.25, 0.3) is 0 Å². The number of aromatic hydroxyl groups is 2. The highest BCUT2D eigenvalue weighted by Crippen LogP contribution is 2.58. The Balaban J connectivity index is 2.49. The summed E-state index contributed by atoms with van der Waals surface area (Å²) in [6, 6.07) is 1.83. The molecule has 6 N–H and O–H groups in total. The summed E-state index contributed by atoms with van der Waals surface area (Å²) >= 11 is 0. The fourth-order valence-corrected chi connectivity index (χ4v) is 4.85. The van der Waals surface area contributed by atoms with Crippen molar-refractivity contribution in [3.8, 4) is 11.5 Å². The van der Waals surface area contributed by atoms with Gasteiger partial charge in [0.15, 0.2) is 11.2 Å². The lowest BCUT2D eigenvalue weighted by Crippen LogP contribution is -2.61. The average molecular weight is 432 g/mol. The molecule has 1 aromatic rings. The van der Waals surface area contributed by atoms with Crippen LogP contribution in [-0.2, 0) is 4.79 Å². The molecular formula is C22H24O9. The van der Waals surface area contributed by atoms with Crippen LogP contribution in [0.15, 0.2) is 35.1 Å². The van der Waals surface area contributed by atoms with E-state index in [1.165, 1.54) is 13.8 Å². The molecule has 9 nitrogen and oxygen atoms in total. The first-order valence-electron chi connectivity index (χ1n) is 9.81. The SMILES string of the molecule is CCC(O)C1(C)C=C2C(=O)c3cc(O)cc(O)c3C(=O)C2=C(O)[C@@]1(C(=O)O)C(O)CC. The number of carboxylic acids is 1. The third-order valence-electron chi connectivity index (χ3n) is 6.52. The van der Waals surface area contributed by atoms with Crippen LogP contribution in [0.1, 0.15) is 54.3 Å². The standard InChI is InChI=1S/C22H24O9/c1-4-13(25)21(3)8-11-16(19(29)22(21,20(30)31)14(26)5-2)18(28)15-10(17(11)27)6-9(23)7-12(15)24/h6-8,13-14,23-26,29H,4-5H2,1-3H3,(H,30,31)/t13?,14?,21?,22-/m1/s1. The number of aliphatic carboxylic acids is 1. The molecule has 0 amide bonds. The maximum absolute atomic E-state index is 13.2. The second-order valence-corrected chi connectivity index (χ2v) is 8.07. The minimum absolute atomic E-state index is 0.0225. The fourth-order valence-electron chi connectivity index (χ4n) is 4.85. The van der Waals surface area contributed by atoms with E-state index in [0.29, 0.717) is 0 Å². The van der Waals surface area contributed by atoms with Crippen LogP contribution in [0, 0.1) is 10.8 Å². The predicted molar refractivity (Wildman–Crippen MR) is 107 cm³/mol. The van der Waals surface area contributed by atoms with Crippen molar-refractivity contribution in [2.24, 2.45) is 10.8 Å². The molecule has 0 saturated heterocycles. The Bertz CT molecular complexity index is 1070. The molecule has 0 spiro atoms. The second kappa shape index (κ2) is 7.21. The molecule has 0 fully saturated rings. The monoisotopic (exact) mass is 432 g/mol. The third-order valence-corrected chi connectivity index (χ3v) is 6.52. The van der Waals surface area contributed by atoms with E-state index in [0.717, 1.165) is 18.2 Å². The van der Waals surface area contributed by atoms with Gasteiger partial charge < -0.3 is 30.6 Å². The highest BCUT2D eigenvalue weighted by molar-refractivity contribution is 6.32. The molecule has 31 heavy (non-hydrogen) atoms. The lowest BCUT2D eigenvalue weighted by atomic mass is 9.52. The second-order valence-electron chi connectivity index (χ2n) is 8.07. The first-order valence-corrected chi connectivity index (χ1v) is 9.81. The zero-order valence-corrected chi connectivity index (χ0v) is 17.2. The van der Waals surface area contributed by atoms with E-state index in [-0.39, 0.29) is 24.0 Å². The summed E-state index contributed by atoms with van der Waals surface area (Å²) in [5.74, 6) is -5.80. The van der Waals surface area contributed by atoms with Crippen molar-refractivity contribution < 1.29 is 45.0 Å². The van der Waals surface area contributed by atoms with Gasteiger partial charge in [-0.3, -0.25) is 14.4 Å². The van der Waals surface area contributed by atoms with Crippen LogP contribution in [0.25, 0.3) is 0 Å². The number of carbonyl (C=O) groups excluding carboxylic acids is 2. The van der Waals surface area contributed by atoms with E-state index >= 15 is 0 Å². The number of Topliss-reactive ketones (excluding diaryl/α,β-unsaturated/α-hetero) is 2. The van der Waals surface area contributed by atoms with Crippen molar-refractivity contribution in [1.29, 1.82) is 0 Å². The number of fused-ring (bicyclic) bond motifs is 2. The largest absolute Gasteiger partial charge is 0.510 e. The molecule has 0 heterocycles. The Morgan fingerprint density at radius 1 is 1.00 bits per heavy atom. The van der Waals surface area contributed by atoms with Crippen molar-refractivity contribution in [1.82, 2.24) is 0 Å². The molecule has 166 valence electrons. The molecule has 0 saturated carbocycles. The third kappa shape index (κ3) is 2.66. The summed E-state index contributed by atoms with van der Waals surface area (Å²) in [5, 5.41) is 62.9. The number of aliphatic hydroxyl groups excluding tert-OH is 3. The van der Waals surface area contributed by atoms with Gasteiger partial charge in [-0.15, -0.1) is 0 Å². The van der Waals surface area contributed by atoms with Crippen LogP contribution in [0.5, 0.6) is 11.5 Å². The van der Waals surface area contributed by atoms with Gasteiger partial charge in [-0.05, 0) is 18.9 Å². The van der Waals surface area contributed by atoms with Crippen LogP contribution in [0.4, 0.5) is 0 Å². The lowest BCUT2D eigenvalue weighted by Gasteiger charge is -2.51. The number of hydrogen-bond acceptors (Lipinski definition) is 8. The van der Waals surface area contributed by atoms with E-state index in [2.05, 4.69) is 0 Å². The number of rotatable bonds is 5. The molecule has 2 aliphatic rings. The highest BCUT2D eigenvalue weighted by Gasteiger charge is 2.66. The molecule has 4 atom stereocenters. The van der Waals surface area contributed by atoms with E-state index < -0.39 is 69.0 Å². The average Bonchev–Trinajstić information content (AvgIpc) is 2.69. The summed E-state index contributed by atoms with van der Waals surface area (Å²) < 4.78 is 0. The Morgan fingerprint density at radius 2 is 1.58 bits per heavy atom. The normalized spacial score (nSPS) is 27.3. The molecule has 3 rings (SSSR count). The summed E-state index contributed by atoms with van der Waals surface area (Å²) in [6.07, 6.45) is -2.15. The lowest BCUT2D eigenvalue weighted by molar-refractivity contribution is -0.175. The fraction of sp³-hybridized carbons (Fsp3) is 0.409. The number of carbonyl (C=O) groups is 3. The first kappa shape index (κ1) is 22.5. The zero-order chi connectivity index (χ0) is 23.5. The van der Waals surface area contributed by atoms with Gasteiger partial charge in [0.1, 0.15) is 17.3 Å². The van der Waals surface area contributed by atoms with E-state index in [9.17, 15) is 45.0 Å². The number of ketones is 2. The molecule has 0 radical (unpaired) electrons. The van der Waals surface area contributed by atoms with Gasteiger partial charge in [0.2, 0.25) is 5.78 Å². The minimum Gasteiger partial charge on any atom is -0.510 e. The smallest absolute Gasteiger partial charge is 0.321 e. The Morgan fingerprint density at radius 3 is 2.10 bits per heavy atom. The zero-order valence-electron chi connectivity index (χ0n) is 17.2. The first-order chi connectivity index (χ1) is 14.4.